The predicted octanol–water partition coefficient (Wildman–Crippen LogP) is 2.89. The van der Waals surface area contributed by atoms with Crippen molar-refractivity contribution in [2.24, 2.45) is 11.1 Å². The zero-order chi connectivity index (χ0) is 18.8. The van der Waals surface area contributed by atoms with Crippen LogP contribution in [-0.4, -0.2) is 39.0 Å². The lowest BCUT2D eigenvalue weighted by molar-refractivity contribution is -0.137. The fourth-order valence-electron chi connectivity index (χ4n) is 3.06. The minimum Gasteiger partial charge on any atom is -0.382 e. The van der Waals surface area contributed by atoms with Gasteiger partial charge in [0.25, 0.3) is 0 Å². The summed E-state index contributed by atoms with van der Waals surface area (Å²) in [7, 11) is -4.19. The number of hydrogen-bond acceptors (Lipinski definition) is 4. The number of piperidine rings is 1. The third-order valence-corrected chi connectivity index (χ3v) is 5.11. The Labute approximate surface area is 146 Å². The first kappa shape index (κ1) is 20.0. The number of likely N-dealkylation sites (tertiary alicyclic amines) is 1. The monoisotopic (exact) mass is 379 g/mol. The van der Waals surface area contributed by atoms with E-state index in [1.807, 2.05) is 0 Å². The number of nitrogens with one attached hydrogen (secondary N) is 1. The van der Waals surface area contributed by atoms with Gasteiger partial charge >= 0.3 is 6.18 Å². The first-order valence-corrected chi connectivity index (χ1v) is 9.74. The largest absolute Gasteiger partial charge is 0.418 e. The summed E-state index contributed by atoms with van der Waals surface area (Å²) in [6.07, 6.45) is -3.19. The summed E-state index contributed by atoms with van der Waals surface area (Å²) in [5, 5.41) is 7.86. The van der Waals surface area contributed by atoms with Gasteiger partial charge < -0.3 is 10.2 Å². The number of halogens is 3. The highest BCUT2D eigenvalue weighted by molar-refractivity contribution is 7.89. The summed E-state index contributed by atoms with van der Waals surface area (Å²) in [5.74, 6) is 0.548. The first-order chi connectivity index (χ1) is 11.5. The molecule has 0 spiro atoms. The zero-order valence-corrected chi connectivity index (χ0v) is 15.1. The van der Waals surface area contributed by atoms with Crippen LogP contribution >= 0.6 is 0 Å². The lowest BCUT2D eigenvalue weighted by atomic mass is 10.0. The zero-order valence-electron chi connectivity index (χ0n) is 14.3. The molecule has 1 aromatic rings. The van der Waals surface area contributed by atoms with E-state index in [0.29, 0.717) is 12.0 Å². The van der Waals surface area contributed by atoms with E-state index in [1.54, 1.807) is 0 Å². The average molecular weight is 379 g/mol. The highest BCUT2D eigenvalue weighted by Gasteiger charge is 2.35. The maximum atomic E-state index is 13.3. The Morgan fingerprint density at radius 2 is 1.88 bits per heavy atom. The quantitative estimate of drug-likeness (QED) is 0.825. The van der Waals surface area contributed by atoms with Crippen LogP contribution in [0.1, 0.15) is 32.3 Å². The molecule has 0 saturated carbocycles. The molecule has 1 aromatic carbocycles. The Kier molecular flexibility index (Phi) is 6.01. The van der Waals surface area contributed by atoms with Crippen molar-refractivity contribution in [1.29, 1.82) is 0 Å². The molecule has 0 amide bonds. The van der Waals surface area contributed by atoms with Crippen LogP contribution in [0.25, 0.3) is 0 Å². The van der Waals surface area contributed by atoms with Crippen molar-refractivity contribution in [3.8, 4) is 0 Å². The summed E-state index contributed by atoms with van der Waals surface area (Å²) in [5.41, 5.74) is -1.12. The van der Waals surface area contributed by atoms with Crippen LogP contribution in [0.4, 0.5) is 18.9 Å². The molecule has 25 heavy (non-hydrogen) atoms. The van der Waals surface area contributed by atoms with Crippen LogP contribution in [0.15, 0.2) is 23.1 Å². The molecule has 1 aliphatic rings. The van der Waals surface area contributed by atoms with Crippen molar-refractivity contribution < 1.29 is 21.6 Å². The van der Waals surface area contributed by atoms with E-state index < -0.39 is 26.7 Å². The molecule has 0 bridgehead atoms. The van der Waals surface area contributed by atoms with E-state index in [1.165, 1.54) is 0 Å². The minimum absolute atomic E-state index is 0.0788. The number of sulfonamides is 1. The number of nitrogens with two attached hydrogens (primary N) is 1. The molecule has 1 fully saturated rings. The Morgan fingerprint density at radius 1 is 1.28 bits per heavy atom. The van der Waals surface area contributed by atoms with Crippen LogP contribution in [-0.2, 0) is 16.2 Å². The Hall–Kier alpha value is -1.32. The number of primary sulfonamides is 1. The van der Waals surface area contributed by atoms with Crippen LogP contribution in [0, 0.1) is 5.92 Å². The van der Waals surface area contributed by atoms with Gasteiger partial charge in [-0.05, 0) is 37.0 Å². The molecule has 1 heterocycles. The van der Waals surface area contributed by atoms with Gasteiger partial charge in [-0.2, -0.15) is 13.2 Å². The van der Waals surface area contributed by atoms with Gasteiger partial charge in [-0.3, -0.25) is 0 Å². The molecule has 2 rings (SSSR count). The third kappa shape index (κ3) is 5.58. The molecule has 3 N–H and O–H groups in total. The molecule has 1 aliphatic heterocycles. The molecule has 142 valence electrons. The summed E-state index contributed by atoms with van der Waals surface area (Å²) < 4.78 is 62.5. The fourth-order valence-corrected chi connectivity index (χ4v) is 3.60. The van der Waals surface area contributed by atoms with E-state index in [-0.39, 0.29) is 11.7 Å². The van der Waals surface area contributed by atoms with Crippen molar-refractivity contribution in [2.45, 2.75) is 43.8 Å². The molecule has 0 unspecified atom stereocenters. The SMILES string of the molecule is CC(C)CN1CCC(Nc2ccc(S(N)(=O)=O)cc2C(F)(F)F)CC1. The number of anilines is 1. The standard InChI is InChI=1S/C16H24F3N3O2S/c1-11(2)10-22-7-5-12(6-8-22)21-15-4-3-13(25(20,23)24)9-14(15)16(17,18)19/h3-4,9,11-12,21H,5-8,10H2,1-2H3,(H2,20,23,24). The van der Waals surface area contributed by atoms with Gasteiger partial charge in [0.15, 0.2) is 0 Å². The second-order valence-corrected chi connectivity index (χ2v) is 8.42. The highest BCUT2D eigenvalue weighted by atomic mass is 32.2. The van der Waals surface area contributed by atoms with Gasteiger partial charge in [-0.25, -0.2) is 13.6 Å². The lowest BCUT2D eigenvalue weighted by Crippen LogP contribution is -2.40. The smallest absolute Gasteiger partial charge is 0.382 e. The van der Waals surface area contributed by atoms with Crippen molar-refractivity contribution in [1.82, 2.24) is 4.90 Å². The van der Waals surface area contributed by atoms with E-state index >= 15 is 0 Å². The summed E-state index contributed by atoms with van der Waals surface area (Å²) in [4.78, 5) is 1.76. The van der Waals surface area contributed by atoms with Gasteiger partial charge in [0, 0.05) is 31.4 Å². The molecule has 1 saturated heterocycles. The van der Waals surface area contributed by atoms with Gasteiger partial charge in [0.05, 0.1) is 10.5 Å². The maximum absolute atomic E-state index is 13.3. The lowest BCUT2D eigenvalue weighted by Gasteiger charge is -2.34. The second kappa shape index (κ2) is 7.51. The van der Waals surface area contributed by atoms with Crippen molar-refractivity contribution in [2.75, 3.05) is 25.0 Å². The molecular formula is C16H24F3N3O2S. The number of nitrogens with zero attached hydrogens (tertiary/aromatic N) is 1. The number of rotatable bonds is 5. The van der Waals surface area contributed by atoms with Crippen LogP contribution in [0.2, 0.25) is 0 Å². The number of benzene rings is 1. The van der Waals surface area contributed by atoms with Crippen molar-refractivity contribution in [3.63, 3.8) is 0 Å². The fraction of sp³-hybridized carbons (Fsp3) is 0.625. The minimum atomic E-state index is -4.67. The van der Waals surface area contributed by atoms with E-state index in [2.05, 4.69) is 24.1 Å². The summed E-state index contributed by atoms with van der Waals surface area (Å²) >= 11 is 0. The van der Waals surface area contributed by atoms with Crippen molar-refractivity contribution in [3.05, 3.63) is 23.8 Å². The van der Waals surface area contributed by atoms with E-state index in [4.69, 9.17) is 5.14 Å². The van der Waals surface area contributed by atoms with Crippen LogP contribution < -0.4 is 10.5 Å². The van der Waals surface area contributed by atoms with E-state index in [0.717, 1.165) is 44.6 Å². The van der Waals surface area contributed by atoms with Gasteiger partial charge in [0.1, 0.15) is 0 Å². The molecule has 0 aliphatic carbocycles. The van der Waals surface area contributed by atoms with Gasteiger partial charge in [-0.1, -0.05) is 13.8 Å². The molecule has 0 atom stereocenters. The predicted molar refractivity (Wildman–Crippen MR) is 90.7 cm³/mol. The van der Waals surface area contributed by atoms with Crippen molar-refractivity contribution >= 4 is 15.7 Å². The van der Waals surface area contributed by atoms with Gasteiger partial charge in [-0.15, -0.1) is 0 Å². The highest BCUT2D eigenvalue weighted by Crippen LogP contribution is 2.37. The molecule has 5 nitrogen and oxygen atoms in total. The molecule has 0 radical (unpaired) electrons. The summed E-state index contributed by atoms with van der Waals surface area (Å²) in [6, 6.07) is 2.75. The van der Waals surface area contributed by atoms with Crippen LogP contribution in [0.3, 0.4) is 0 Å². The Bertz CT molecular complexity index is 697. The Morgan fingerprint density at radius 3 is 2.36 bits per heavy atom. The number of hydrogen-bond donors (Lipinski definition) is 2. The van der Waals surface area contributed by atoms with Gasteiger partial charge in [0.2, 0.25) is 10.0 Å². The van der Waals surface area contributed by atoms with Crippen LogP contribution in [0.5, 0.6) is 0 Å². The maximum Gasteiger partial charge on any atom is 0.418 e. The normalized spacial score (nSPS) is 17.9. The Balaban J connectivity index is 2.15. The average Bonchev–Trinajstić information content (AvgIpc) is 2.47. The first-order valence-electron chi connectivity index (χ1n) is 8.19. The molecular weight excluding hydrogens is 355 g/mol. The number of alkyl halides is 3. The van der Waals surface area contributed by atoms with E-state index in [9.17, 15) is 21.6 Å². The second-order valence-electron chi connectivity index (χ2n) is 6.86. The molecule has 9 heteroatoms. The third-order valence-electron chi connectivity index (χ3n) is 4.20. The topological polar surface area (TPSA) is 75.4 Å². The summed E-state index contributed by atoms with van der Waals surface area (Å²) in [6.45, 7) is 6.89. The molecule has 0 aromatic heterocycles.